The van der Waals surface area contributed by atoms with Crippen molar-refractivity contribution in [3.8, 4) is 23.0 Å². The SMILES string of the molecule is CCCc1cc(Oc2ccc(F)cc2)ccc1OCCCCOc1ccc(C2SC(=O)NC2=O)cc1. The van der Waals surface area contributed by atoms with Gasteiger partial charge in [0.05, 0.1) is 13.2 Å². The van der Waals surface area contributed by atoms with Crippen molar-refractivity contribution in [1.82, 2.24) is 5.32 Å². The third kappa shape index (κ3) is 7.01. The maximum atomic E-state index is 13.1. The van der Waals surface area contributed by atoms with E-state index >= 15 is 0 Å². The molecule has 0 aromatic heterocycles. The van der Waals surface area contributed by atoms with Crippen LogP contribution < -0.4 is 19.5 Å². The van der Waals surface area contributed by atoms with Crippen LogP contribution in [-0.2, 0) is 11.2 Å². The first kappa shape index (κ1) is 25.6. The molecular weight excluding hydrogens is 481 g/mol. The summed E-state index contributed by atoms with van der Waals surface area (Å²) >= 11 is 0.989. The summed E-state index contributed by atoms with van der Waals surface area (Å²) in [7, 11) is 0. The van der Waals surface area contributed by atoms with Crippen LogP contribution in [0, 0.1) is 5.82 Å². The van der Waals surface area contributed by atoms with E-state index in [0.717, 1.165) is 60.1 Å². The minimum absolute atomic E-state index is 0.282. The molecule has 1 aliphatic heterocycles. The van der Waals surface area contributed by atoms with Crippen LogP contribution in [0.4, 0.5) is 9.18 Å². The average molecular weight is 510 g/mol. The Labute approximate surface area is 214 Å². The van der Waals surface area contributed by atoms with Gasteiger partial charge in [0, 0.05) is 0 Å². The summed E-state index contributed by atoms with van der Waals surface area (Å²) < 4.78 is 30.8. The van der Waals surface area contributed by atoms with E-state index in [1.807, 2.05) is 42.5 Å². The van der Waals surface area contributed by atoms with Gasteiger partial charge in [0.2, 0.25) is 5.91 Å². The Morgan fingerprint density at radius 2 is 1.53 bits per heavy atom. The number of imide groups is 1. The van der Waals surface area contributed by atoms with Gasteiger partial charge in [-0.3, -0.25) is 14.9 Å². The molecule has 3 aromatic rings. The molecule has 188 valence electrons. The molecule has 1 saturated heterocycles. The van der Waals surface area contributed by atoms with Crippen molar-refractivity contribution in [2.45, 2.75) is 37.9 Å². The third-order valence-electron chi connectivity index (χ3n) is 5.54. The van der Waals surface area contributed by atoms with Crippen LogP contribution in [0.3, 0.4) is 0 Å². The second-order valence-electron chi connectivity index (χ2n) is 8.32. The number of thioether (sulfide) groups is 1. The first-order valence-electron chi connectivity index (χ1n) is 11.9. The minimum atomic E-state index is -0.496. The molecule has 0 radical (unpaired) electrons. The topological polar surface area (TPSA) is 73.9 Å². The lowest BCUT2D eigenvalue weighted by Crippen LogP contribution is -2.20. The van der Waals surface area contributed by atoms with E-state index in [0.29, 0.717) is 24.7 Å². The van der Waals surface area contributed by atoms with Crippen molar-refractivity contribution < 1.29 is 28.2 Å². The number of unbranched alkanes of at least 4 members (excludes halogenated alkanes) is 1. The Balaban J connectivity index is 1.20. The van der Waals surface area contributed by atoms with Crippen molar-refractivity contribution in [3.63, 3.8) is 0 Å². The van der Waals surface area contributed by atoms with E-state index in [4.69, 9.17) is 14.2 Å². The van der Waals surface area contributed by atoms with Crippen LogP contribution in [0.2, 0.25) is 0 Å². The van der Waals surface area contributed by atoms with E-state index in [2.05, 4.69) is 12.2 Å². The molecule has 6 nitrogen and oxygen atoms in total. The Hall–Kier alpha value is -3.52. The molecule has 1 unspecified atom stereocenters. The van der Waals surface area contributed by atoms with Gasteiger partial charge in [-0.2, -0.15) is 0 Å². The van der Waals surface area contributed by atoms with Crippen LogP contribution >= 0.6 is 11.8 Å². The van der Waals surface area contributed by atoms with E-state index in [1.54, 1.807) is 12.1 Å². The minimum Gasteiger partial charge on any atom is -0.494 e. The molecule has 1 atom stereocenters. The van der Waals surface area contributed by atoms with E-state index < -0.39 is 5.25 Å². The van der Waals surface area contributed by atoms with Crippen molar-refractivity contribution in [1.29, 1.82) is 0 Å². The second kappa shape index (κ2) is 12.4. The molecule has 1 heterocycles. The van der Waals surface area contributed by atoms with Gasteiger partial charge in [-0.05, 0) is 96.7 Å². The summed E-state index contributed by atoms with van der Waals surface area (Å²) in [5.74, 6) is 2.25. The first-order chi connectivity index (χ1) is 17.5. The lowest BCUT2D eigenvalue weighted by molar-refractivity contribution is -0.119. The molecule has 1 fully saturated rings. The standard InChI is InChI=1S/C28H28FNO5S/c1-2-5-20-18-24(35-23-12-8-21(29)9-13-23)14-15-25(20)34-17-4-3-16-33-22-10-6-19(7-11-22)26-27(31)30-28(32)36-26/h6-15,18,26H,2-5,16-17H2,1H3,(H,30,31,32). The van der Waals surface area contributed by atoms with E-state index in [9.17, 15) is 14.0 Å². The highest BCUT2D eigenvalue weighted by Crippen LogP contribution is 2.35. The van der Waals surface area contributed by atoms with Gasteiger partial charge >= 0.3 is 0 Å². The second-order valence-corrected chi connectivity index (χ2v) is 9.40. The number of carbonyl (C=O) groups excluding carboxylic acids is 2. The third-order valence-corrected chi connectivity index (χ3v) is 6.57. The van der Waals surface area contributed by atoms with Gasteiger partial charge in [-0.15, -0.1) is 0 Å². The fourth-order valence-corrected chi connectivity index (χ4v) is 4.59. The number of aryl methyl sites for hydroxylation is 1. The molecule has 2 amide bonds. The summed E-state index contributed by atoms with van der Waals surface area (Å²) in [4.78, 5) is 23.1. The predicted molar refractivity (Wildman–Crippen MR) is 137 cm³/mol. The number of nitrogens with one attached hydrogen (secondary N) is 1. The molecule has 1 aliphatic rings. The van der Waals surface area contributed by atoms with E-state index in [1.165, 1.54) is 12.1 Å². The zero-order valence-electron chi connectivity index (χ0n) is 20.0. The van der Waals surface area contributed by atoms with Crippen LogP contribution in [-0.4, -0.2) is 24.4 Å². The largest absolute Gasteiger partial charge is 0.494 e. The molecule has 0 spiro atoms. The highest BCUT2D eigenvalue weighted by atomic mass is 32.2. The molecule has 36 heavy (non-hydrogen) atoms. The predicted octanol–water partition coefficient (Wildman–Crippen LogP) is 6.83. The molecular formula is C28H28FNO5S. The highest BCUT2D eigenvalue weighted by Gasteiger charge is 2.32. The lowest BCUT2D eigenvalue weighted by atomic mass is 10.1. The van der Waals surface area contributed by atoms with Gasteiger partial charge in [-0.25, -0.2) is 4.39 Å². The Bertz CT molecular complexity index is 1180. The lowest BCUT2D eigenvalue weighted by Gasteiger charge is -2.14. The van der Waals surface area contributed by atoms with Crippen molar-refractivity contribution in [2.24, 2.45) is 0 Å². The van der Waals surface area contributed by atoms with Gasteiger partial charge in [-0.1, -0.05) is 25.5 Å². The number of halogens is 1. The summed E-state index contributed by atoms with van der Waals surface area (Å²) in [6.45, 7) is 3.23. The van der Waals surface area contributed by atoms with Crippen LogP contribution in [0.5, 0.6) is 23.0 Å². The van der Waals surface area contributed by atoms with Crippen LogP contribution in [0.15, 0.2) is 66.7 Å². The molecule has 0 bridgehead atoms. The van der Waals surface area contributed by atoms with E-state index in [-0.39, 0.29) is 17.0 Å². The monoisotopic (exact) mass is 509 g/mol. The number of hydrogen-bond acceptors (Lipinski definition) is 6. The average Bonchev–Trinajstić information content (AvgIpc) is 3.22. The number of benzene rings is 3. The highest BCUT2D eigenvalue weighted by molar-refractivity contribution is 8.15. The van der Waals surface area contributed by atoms with Crippen LogP contribution in [0.25, 0.3) is 0 Å². The Kier molecular flexibility index (Phi) is 8.84. The Morgan fingerprint density at radius 3 is 2.19 bits per heavy atom. The Morgan fingerprint density at radius 1 is 0.861 bits per heavy atom. The van der Waals surface area contributed by atoms with Crippen molar-refractivity contribution in [2.75, 3.05) is 13.2 Å². The summed E-state index contributed by atoms with van der Waals surface area (Å²) in [6.07, 6.45) is 3.50. The maximum Gasteiger partial charge on any atom is 0.286 e. The van der Waals surface area contributed by atoms with Gasteiger partial charge in [0.1, 0.15) is 34.1 Å². The zero-order valence-corrected chi connectivity index (χ0v) is 20.8. The molecule has 3 aromatic carbocycles. The first-order valence-corrected chi connectivity index (χ1v) is 12.8. The molecule has 1 N–H and O–H groups in total. The van der Waals surface area contributed by atoms with Crippen LogP contribution in [0.1, 0.15) is 42.6 Å². The summed E-state index contributed by atoms with van der Waals surface area (Å²) in [5.41, 5.74) is 1.85. The summed E-state index contributed by atoms with van der Waals surface area (Å²) in [6, 6.07) is 18.9. The molecule has 0 saturated carbocycles. The van der Waals surface area contributed by atoms with Crippen molar-refractivity contribution >= 4 is 22.9 Å². The maximum absolute atomic E-state index is 13.1. The molecule has 8 heteroatoms. The zero-order chi connectivity index (χ0) is 25.3. The number of carbonyl (C=O) groups is 2. The fraction of sp³-hybridized carbons (Fsp3) is 0.286. The van der Waals surface area contributed by atoms with Gasteiger partial charge in [0.25, 0.3) is 5.24 Å². The molecule has 0 aliphatic carbocycles. The van der Waals surface area contributed by atoms with Gasteiger partial charge < -0.3 is 14.2 Å². The number of hydrogen-bond donors (Lipinski definition) is 1. The normalized spacial score (nSPS) is 15.0. The van der Waals surface area contributed by atoms with Crippen molar-refractivity contribution in [3.05, 3.63) is 83.7 Å². The molecule has 4 rings (SSSR count). The van der Waals surface area contributed by atoms with Gasteiger partial charge in [0.15, 0.2) is 0 Å². The summed E-state index contributed by atoms with van der Waals surface area (Å²) in [5, 5.41) is 1.48. The number of amides is 2. The number of rotatable bonds is 12. The fourth-order valence-electron chi connectivity index (χ4n) is 3.75. The number of ether oxygens (including phenoxy) is 3. The quantitative estimate of drug-likeness (QED) is 0.270. The smallest absolute Gasteiger partial charge is 0.286 e.